The van der Waals surface area contributed by atoms with Gasteiger partial charge in [0, 0.05) is 35.2 Å². The van der Waals surface area contributed by atoms with E-state index in [0.29, 0.717) is 23.1 Å². The van der Waals surface area contributed by atoms with Gasteiger partial charge in [0.05, 0.1) is 5.92 Å². The molecule has 1 saturated heterocycles. The normalized spacial score (nSPS) is 20.8. The number of halogens is 2. The van der Waals surface area contributed by atoms with Gasteiger partial charge in [-0.15, -0.1) is 0 Å². The second-order valence-electron chi connectivity index (χ2n) is 6.75. The van der Waals surface area contributed by atoms with E-state index in [2.05, 4.69) is 19.2 Å². The Morgan fingerprint density at radius 2 is 1.32 bits per heavy atom. The lowest BCUT2D eigenvalue weighted by Gasteiger charge is -2.38. The number of carbonyl (C=O) groups is 1. The third kappa shape index (κ3) is 4.35. The van der Waals surface area contributed by atoms with E-state index in [9.17, 15) is 4.79 Å². The molecule has 0 aromatic heterocycles. The molecule has 2 atom stereocenters. The molecule has 1 aliphatic rings. The molecule has 2 aromatic rings. The van der Waals surface area contributed by atoms with Crippen LogP contribution in [0.3, 0.4) is 0 Å². The molecule has 2 aromatic carbocycles. The highest BCUT2D eigenvalue weighted by atomic mass is 35.5. The summed E-state index contributed by atoms with van der Waals surface area (Å²) in [4.78, 5) is 15.4. The average molecular weight is 377 g/mol. The number of rotatable bonds is 3. The van der Waals surface area contributed by atoms with Gasteiger partial charge in [0.15, 0.2) is 0 Å². The quantitative estimate of drug-likeness (QED) is 0.863. The lowest BCUT2D eigenvalue weighted by molar-refractivity contribution is -0.133. The molecule has 0 saturated carbocycles. The van der Waals surface area contributed by atoms with Crippen LogP contribution >= 0.6 is 23.2 Å². The van der Waals surface area contributed by atoms with Crippen molar-refractivity contribution in [1.82, 2.24) is 10.2 Å². The first kappa shape index (κ1) is 18.2. The van der Waals surface area contributed by atoms with Crippen molar-refractivity contribution in [2.24, 2.45) is 0 Å². The lowest BCUT2D eigenvalue weighted by atomic mass is 9.89. The lowest BCUT2D eigenvalue weighted by Crippen LogP contribution is -2.56. The van der Waals surface area contributed by atoms with Crippen molar-refractivity contribution >= 4 is 29.1 Å². The van der Waals surface area contributed by atoms with E-state index in [1.165, 1.54) is 0 Å². The van der Waals surface area contributed by atoms with E-state index < -0.39 is 0 Å². The maximum atomic E-state index is 13.4. The number of amides is 1. The molecule has 1 N–H and O–H groups in total. The summed E-state index contributed by atoms with van der Waals surface area (Å²) >= 11 is 12.1. The molecule has 3 nitrogen and oxygen atoms in total. The van der Waals surface area contributed by atoms with Gasteiger partial charge in [0.1, 0.15) is 0 Å². The number of hydrogen-bond donors (Lipinski definition) is 1. The summed E-state index contributed by atoms with van der Waals surface area (Å²) in [7, 11) is 0. The van der Waals surface area contributed by atoms with Gasteiger partial charge in [-0.1, -0.05) is 47.5 Å². The van der Waals surface area contributed by atoms with Crippen LogP contribution in [0.1, 0.15) is 30.9 Å². The first-order valence-electron chi connectivity index (χ1n) is 8.50. The Morgan fingerprint density at radius 3 is 1.72 bits per heavy atom. The molecule has 0 bridgehead atoms. The summed E-state index contributed by atoms with van der Waals surface area (Å²) < 4.78 is 0. The second-order valence-corrected chi connectivity index (χ2v) is 7.62. The summed E-state index contributed by atoms with van der Waals surface area (Å²) in [6, 6.07) is 15.6. The minimum Gasteiger partial charge on any atom is -0.339 e. The van der Waals surface area contributed by atoms with Crippen LogP contribution in [0.25, 0.3) is 0 Å². The van der Waals surface area contributed by atoms with Crippen LogP contribution in [-0.2, 0) is 4.79 Å². The van der Waals surface area contributed by atoms with Gasteiger partial charge >= 0.3 is 0 Å². The summed E-state index contributed by atoms with van der Waals surface area (Å²) in [6.07, 6.45) is 0. The molecule has 132 valence electrons. The van der Waals surface area contributed by atoms with Crippen molar-refractivity contribution < 1.29 is 4.79 Å². The van der Waals surface area contributed by atoms with Crippen molar-refractivity contribution in [3.05, 3.63) is 69.7 Å². The molecule has 1 amide bonds. The van der Waals surface area contributed by atoms with E-state index >= 15 is 0 Å². The van der Waals surface area contributed by atoms with Gasteiger partial charge < -0.3 is 10.2 Å². The van der Waals surface area contributed by atoms with Crippen LogP contribution in [0.5, 0.6) is 0 Å². The van der Waals surface area contributed by atoms with Crippen LogP contribution in [0.15, 0.2) is 48.5 Å². The van der Waals surface area contributed by atoms with Gasteiger partial charge in [0.25, 0.3) is 0 Å². The molecule has 1 fully saturated rings. The molecule has 0 radical (unpaired) electrons. The van der Waals surface area contributed by atoms with Gasteiger partial charge in [-0.2, -0.15) is 0 Å². The van der Waals surface area contributed by atoms with Gasteiger partial charge in [-0.25, -0.2) is 0 Å². The number of carbonyl (C=O) groups excluding carboxylic acids is 1. The van der Waals surface area contributed by atoms with Crippen LogP contribution in [0, 0.1) is 0 Å². The minimum atomic E-state index is -0.355. The van der Waals surface area contributed by atoms with Crippen molar-refractivity contribution in [3.63, 3.8) is 0 Å². The third-order valence-corrected chi connectivity index (χ3v) is 5.03. The molecule has 3 rings (SSSR count). The second kappa shape index (κ2) is 7.77. The Bertz CT molecular complexity index is 675. The summed E-state index contributed by atoms with van der Waals surface area (Å²) in [6.45, 7) is 5.63. The number of benzene rings is 2. The van der Waals surface area contributed by atoms with Crippen LogP contribution < -0.4 is 5.32 Å². The zero-order valence-electron chi connectivity index (χ0n) is 14.4. The molecule has 1 aliphatic heterocycles. The van der Waals surface area contributed by atoms with Crippen molar-refractivity contribution in [2.45, 2.75) is 31.8 Å². The topological polar surface area (TPSA) is 32.3 Å². The van der Waals surface area contributed by atoms with Gasteiger partial charge in [-0.3, -0.25) is 4.79 Å². The Labute approximate surface area is 158 Å². The molecule has 5 heteroatoms. The van der Waals surface area contributed by atoms with E-state index in [1.54, 1.807) is 0 Å². The number of nitrogens with zero attached hydrogens (tertiary/aromatic N) is 1. The fourth-order valence-corrected chi connectivity index (χ4v) is 3.73. The fourth-order valence-electron chi connectivity index (χ4n) is 3.48. The maximum Gasteiger partial charge on any atom is 0.234 e. The molecular weight excluding hydrogens is 355 g/mol. The predicted molar refractivity (Wildman–Crippen MR) is 103 cm³/mol. The fraction of sp³-hybridized carbons (Fsp3) is 0.350. The first-order valence-corrected chi connectivity index (χ1v) is 9.25. The average Bonchev–Trinajstić information content (AvgIpc) is 2.57. The largest absolute Gasteiger partial charge is 0.339 e. The molecule has 0 spiro atoms. The molecule has 0 aliphatic carbocycles. The summed E-state index contributed by atoms with van der Waals surface area (Å²) in [5.41, 5.74) is 1.88. The highest BCUT2D eigenvalue weighted by Crippen LogP contribution is 2.29. The minimum absolute atomic E-state index is 0.116. The molecule has 2 unspecified atom stereocenters. The van der Waals surface area contributed by atoms with E-state index in [4.69, 9.17) is 23.2 Å². The van der Waals surface area contributed by atoms with Crippen molar-refractivity contribution in [1.29, 1.82) is 0 Å². The first-order chi connectivity index (χ1) is 11.9. The highest BCUT2D eigenvalue weighted by Gasteiger charge is 2.31. The van der Waals surface area contributed by atoms with E-state index in [0.717, 1.165) is 11.1 Å². The Kier molecular flexibility index (Phi) is 5.67. The third-order valence-electron chi connectivity index (χ3n) is 4.52. The van der Waals surface area contributed by atoms with Crippen LogP contribution in [-0.4, -0.2) is 36.0 Å². The number of hydrogen-bond acceptors (Lipinski definition) is 2. The monoisotopic (exact) mass is 376 g/mol. The van der Waals surface area contributed by atoms with Gasteiger partial charge in [0.2, 0.25) is 5.91 Å². The maximum absolute atomic E-state index is 13.4. The molecule has 25 heavy (non-hydrogen) atoms. The molecular formula is C20H22Cl2N2O. The van der Waals surface area contributed by atoms with Crippen LogP contribution in [0.4, 0.5) is 0 Å². The van der Waals surface area contributed by atoms with Crippen molar-refractivity contribution in [2.75, 3.05) is 13.1 Å². The SMILES string of the molecule is CC1CN(C(=O)C(c2ccc(Cl)cc2)c2ccc(Cl)cc2)CC(C)N1. The number of nitrogens with one attached hydrogen (secondary N) is 1. The zero-order chi connectivity index (χ0) is 18.0. The number of piperazine rings is 1. The highest BCUT2D eigenvalue weighted by molar-refractivity contribution is 6.30. The zero-order valence-corrected chi connectivity index (χ0v) is 15.9. The standard InChI is InChI=1S/C20H22Cl2N2O/c1-13-11-24(12-14(2)23-13)20(25)19(15-3-7-17(21)8-4-15)16-5-9-18(22)10-6-16/h3-10,13-14,19,23H,11-12H2,1-2H3. The van der Waals surface area contributed by atoms with Crippen molar-refractivity contribution in [3.8, 4) is 0 Å². The smallest absolute Gasteiger partial charge is 0.234 e. The van der Waals surface area contributed by atoms with Gasteiger partial charge in [-0.05, 0) is 49.2 Å². The Hall–Kier alpha value is -1.55. The summed E-state index contributed by atoms with van der Waals surface area (Å²) in [5.74, 6) is -0.239. The van der Waals surface area contributed by atoms with E-state index in [-0.39, 0.29) is 23.9 Å². The predicted octanol–water partition coefficient (Wildman–Crippen LogP) is 4.33. The Balaban J connectivity index is 1.96. The summed E-state index contributed by atoms with van der Waals surface area (Å²) in [5, 5.41) is 4.79. The Morgan fingerprint density at radius 1 is 0.920 bits per heavy atom. The van der Waals surface area contributed by atoms with E-state index in [1.807, 2.05) is 53.4 Å². The molecule has 1 heterocycles. The van der Waals surface area contributed by atoms with Crippen LogP contribution in [0.2, 0.25) is 10.0 Å².